The lowest BCUT2D eigenvalue weighted by atomic mass is 10.1. The lowest BCUT2D eigenvalue weighted by Gasteiger charge is -2.21. The minimum Gasteiger partial charge on any atom is -0.478 e. The van der Waals surface area contributed by atoms with Crippen molar-refractivity contribution in [3.63, 3.8) is 0 Å². The van der Waals surface area contributed by atoms with E-state index in [1.165, 1.54) is 0 Å². The summed E-state index contributed by atoms with van der Waals surface area (Å²) < 4.78 is 0. The van der Waals surface area contributed by atoms with E-state index in [9.17, 15) is 4.79 Å². The van der Waals surface area contributed by atoms with Gasteiger partial charge in [-0.05, 0) is 38.2 Å². The molecule has 0 saturated carbocycles. The molecule has 4 nitrogen and oxygen atoms in total. The number of carbonyl (C=O) groups is 1. The molecule has 0 spiro atoms. The summed E-state index contributed by atoms with van der Waals surface area (Å²) in [5.74, 6) is -0.836. The van der Waals surface area contributed by atoms with Gasteiger partial charge in [0.05, 0.1) is 5.56 Å². The predicted octanol–water partition coefficient (Wildman–Crippen LogP) is 1.52. The lowest BCUT2D eigenvalue weighted by molar-refractivity contribution is 0.0694. The van der Waals surface area contributed by atoms with Crippen molar-refractivity contribution in [3.8, 4) is 0 Å². The smallest absolute Gasteiger partial charge is 0.336 e. The van der Waals surface area contributed by atoms with E-state index in [0.29, 0.717) is 5.56 Å². The molecular weight excluding hydrogens is 228 g/mol. The second-order valence-electron chi connectivity index (χ2n) is 4.90. The third-order valence-electron chi connectivity index (χ3n) is 3.45. The molecule has 0 amide bonds. The molecule has 0 bridgehead atoms. The fourth-order valence-corrected chi connectivity index (χ4v) is 2.37. The van der Waals surface area contributed by atoms with Gasteiger partial charge in [0.25, 0.3) is 0 Å². The van der Waals surface area contributed by atoms with Crippen LogP contribution in [0.25, 0.3) is 0 Å². The Bertz CT molecular complexity index is 420. The van der Waals surface area contributed by atoms with Crippen LogP contribution in [0.4, 0.5) is 0 Å². The molecule has 1 aromatic rings. The normalized spacial score (nSPS) is 18.5. The van der Waals surface area contributed by atoms with Crippen molar-refractivity contribution in [2.75, 3.05) is 33.2 Å². The molecule has 2 rings (SSSR count). The van der Waals surface area contributed by atoms with Gasteiger partial charge in [-0.25, -0.2) is 4.79 Å². The molecule has 0 unspecified atom stereocenters. The summed E-state index contributed by atoms with van der Waals surface area (Å²) in [4.78, 5) is 15.8. The van der Waals surface area contributed by atoms with Crippen molar-refractivity contribution in [2.45, 2.75) is 13.0 Å². The van der Waals surface area contributed by atoms with Crippen LogP contribution >= 0.6 is 0 Å². The van der Waals surface area contributed by atoms with E-state index < -0.39 is 5.97 Å². The number of carboxylic acid groups (broad SMARTS) is 1. The first-order valence-electron chi connectivity index (χ1n) is 6.39. The average molecular weight is 248 g/mol. The highest BCUT2D eigenvalue weighted by atomic mass is 16.4. The van der Waals surface area contributed by atoms with Gasteiger partial charge in [0.15, 0.2) is 0 Å². The topological polar surface area (TPSA) is 43.8 Å². The molecule has 1 saturated heterocycles. The number of hydrogen-bond donors (Lipinski definition) is 1. The summed E-state index contributed by atoms with van der Waals surface area (Å²) in [6, 6.07) is 7.29. The number of benzene rings is 1. The minimum absolute atomic E-state index is 0.426. The maximum atomic E-state index is 11.2. The molecule has 0 aliphatic carbocycles. The fourth-order valence-electron chi connectivity index (χ4n) is 2.37. The highest BCUT2D eigenvalue weighted by molar-refractivity contribution is 5.89. The molecule has 1 aromatic carbocycles. The minimum atomic E-state index is -0.836. The summed E-state index contributed by atoms with van der Waals surface area (Å²) in [6.45, 7) is 4.95. The number of carboxylic acids is 1. The maximum Gasteiger partial charge on any atom is 0.336 e. The van der Waals surface area contributed by atoms with Crippen LogP contribution in [0.2, 0.25) is 0 Å². The number of nitrogens with zero attached hydrogens (tertiary/aromatic N) is 2. The number of likely N-dealkylation sites (N-methyl/N-ethyl adjacent to an activating group) is 1. The van der Waals surface area contributed by atoms with Crippen molar-refractivity contribution in [1.29, 1.82) is 0 Å². The highest BCUT2D eigenvalue weighted by Gasteiger charge is 2.15. The van der Waals surface area contributed by atoms with Gasteiger partial charge in [0.2, 0.25) is 0 Å². The molecule has 1 fully saturated rings. The van der Waals surface area contributed by atoms with Crippen LogP contribution in [-0.4, -0.2) is 54.1 Å². The second kappa shape index (κ2) is 5.98. The monoisotopic (exact) mass is 248 g/mol. The number of aromatic carboxylic acids is 1. The zero-order valence-electron chi connectivity index (χ0n) is 10.8. The highest BCUT2D eigenvalue weighted by Crippen LogP contribution is 2.13. The number of hydrogen-bond acceptors (Lipinski definition) is 3. The maximum absolute atomic E-state index is 11.2. The quantitative estimate of drug-likeness (QED) is 0.881. The van der Waals surface area contributed by atoms with E-state index in [0.717, 1.165) is 44.7 Å². The Balaban J connectivity index is 2.06. The summed E-state index contributed by atoms with van der Waals surface area (Å²) >= 11 is 0. The Labute approximate surface area is 108 Å². The van der Waals surface area contributed by atoms with E-state index in [1.807, 2.05) is 12.1 Å². The van der Waals surface area contributed by atoms with E-state index in [1.54, 1.807) is 12.1 Å². The van der Waals surface area contributed by atoms with Crippen molar-refractivity contribution in [1.82, 2.24) is 9.80 Å². The average Bonchev–Trinajstić information content (AvgIpc) is 2.55. The van der Waals surface area contributed by atoms with Crippen LogP contribution in [0.5, 0.6) is 0 Å². The Morgan fingerprint density at radius 1 is 1.22 bits per heavy atom. The molecule has 1 heterocycles. The number of rotatable bonds is 3. The van der Waals surface area contributed by atoms with Gasteiger partial charge in [0, 0.05) is 19.6 Å². The van der Waals surface area contributed by atoms with Gasteiger partial charge in [-0.1, -0.05) is 18.2 Å². The summed E-state index contributed by atoms with van der Waals surface area (Å²) in [7, 11) is 2.13. The van der Waals surface area contributed by atoms with E-state index in [2.05, 4.69) is 16.8 Å². The molecule has 1 aliphatic rings. The third-order valence-corrected chi connectivity index (χ3v) is 3.45. The first-order valence-corrected chi connectivity index (χ1v) is 6.39. The van der Waals surface area contributed by atoms with Gasteiger partial charge in [-0.3, -0.25) is 4.90 Å². The van der Waals surface area contributed by atoms with Gasteiger partial charge < -0.3 is 10.0 Å². The van der Waals surface area contributed by atoms with Crippen molar-refractivity contribution in [2.24, 2.45) is 0 Å². The summed E-state index contributed by atoms with van der Waals surface area (Å²) in [6.07, 6.45) is 1.14. The van der Waals surface area contributed by atoms with Crippen molar-refractivity contribution < 1.29 is 9.90 Å². The standard InChI is InChI=1S/C14H20N2O2/c1-15-7-4-8-16(10-9-15)11-12-5-2-3-6-13(12)14(17)18/h2-3,5-6H,4,7-11H2,1H3,(H,17,18). The van der Waals surface area contributed by atoms with Gasteiger partial charge in [0.1, 0.15) is 0 Å². The van der Waals surface area contributed by atoms with Crippen LogP contribution < -0.4 is 0 Å². The van der Waals surface area contributed by atoms with Gasteiger partial charge in [-0.15, -0.1) is 0 Å². The van der Waals surface area contributed by atoms with Crippen molar-refractivity contribution >= 4 is 5.97 Å². The third kappa shape index (κ3) is 3.31. The predicted molar refractivity (Wildman–Crippen MR) is 70.8 cm³/mol. The molecular formula is C14H20N2O2. The lowest BCUT2D eigenvalue weighted by Crippen LogP contribution is -2.29. The SMILES string of the molecule is CN1CCCN(Cc2ccccc2C(=O)O)CC1. The van der Waals surface area contributed by atoms with Crippen LogP contribution in [0.1, 0.15) is 22.3 Å². The Morgan fingerprint density at radius 2 is 2.00 bits per heavy atom. The largest absolute Gasteiger partial charge is 0.478 e. The molecule has 0 aromatic heterocycles. The molecule has 1 aliphatic heterocycles. The van der Waals surface area contributed by atoms with Crippen molar-refractivity contribution in [3.05, 3.63) is 35.4 Å². The molecule has 18 heavy (non-hydrogen) atoms. The van der Waals surface area contributed by atoms with Crippen LogP contribution in [-0.2, 0) is 6.54 Å². The molecule has 0 radical (unpaired) electrons. The first kappa shape index (κ1) is 13.1. The van der Waals surface area contributed by atoms with E-state index in [-0.39, 0.29) is 0 Å². The fraction of sp³-hybridized carbons (Fsp3) is 0.500. The molecule has 4 heteroatoms. The summed E-state index contributed by atoms with van der Waals surface area (Å²) in [5, 5.41) is 9.17. The van der Waals surface area contributed by atoms with E-state index >= 15 is 0 Å². The van der Waals surface area contributed by atoms with E-state index in [4.69, 9.17) is 5.11 Å². The molecule has 0 atom stereocenters. The molecule has 98 valence electrons. The zero-order chi connectivity index (χ0) is 13.0. The Morgan fingerprint density at radius 3 is 2.78 bits per heavy atom. The zero-order valence-corrected chi connectivity index (χ0v) is 10.8. The first-order chi connectivity index (χ1) is 8.66. The van der Waals surface area contributed by atoms with Crippen LogP contribution in [0.3, 0.4) is 0 Å². The summed E-state index contributed by atoms with van der Waals surface area (Å²) in [5.41, 5.74) is 1.34. The van der Waals surface area contributed by atoms with Gasteiger partial charge in [-0.2, -0.15) is 0 Å². The second-order valence-corrected chi connectivity index (χ2v) is 4.90. The Kier molecular flexibility index (Phi) is 4.33. The van der Waals surface area contributed by atoms with Gasteiger partial charge >= 0.3 is 5.97 Å². The Hall–Kier alpha value is -1.39. The molecule has 1 N–H and O–H groups in total. The van der Waals surface area contributed by atoms with Crippen LogP contribution in [0.15, 0.2) is 24.3 Å². The van der Waals surface area contributed by atoms with Crippen LogP contribution in [0, 0.1) is 0 Å².